The molecule has 1 saturated heterocycles. The molecule has 2 atom stereocenters. The van der Waals surface area contributed by atoms with Crippen molar-refractivity contribution >= 4 is 17.2 Å². The number of piperidine rings is 1. The van der Waals surface area contributed by atoms with Gasteiger partial charge in [0.25, 0.3) is 5.91 Å². The second-order valence-corrected chi connectivity index (χ2v) is 7.09. The quantitative estimate of drug-likeness (QED) is 0.928. The molecule has 2 rings (SSSR count). The second kappa shape index (κ2) is 6.68. The Morgan fingerprint density at radius 1 is 1.60 bits per heavy atom. The predicted octanol–water partition coefficient (Wildman–Crippen LogP) is 2.54. The molecule has 0 saturated carbocycles. The highest BCUT2D eigenvalue weighted by atomic mass is 32.1. The summed E-state index contributed by atoms with van der Waals surface area (Å²) in [5, 5.41) is 2.95. The highest BCUT2D eigenvalue weighted by Crippen LogP contribution is 2.25. The van der Waals surface area contributed by atoms with Crippen LogP contribution in [0, 0.1) is 11.8 Å². The Labute approximate surface area is 125 Å². The van der Waals surface area contributed by atoms with Crippen LogP contribution in [0.15, 0.2) is 5.38 Å². The van der Waals surface area contributed by atoms with Gasteiger partial charge in [-0.2, -0.15) is 0 Å². The van der Waals surface area contributed by atoms with E-state index in [2.05, 4.69) is 25.8 Å². The van der Waals surface area contributed by atoms with Crippen molar-refractivity contribution in [1.82, 2.24) is 9.88 Å². The van der Waals surface area contributed by atoms with Crippen molar-refractivity contribution in [1.29, 1.82) is 0 Å². The van der Waals surface area contributed by atoms with Gasteiger partial charge in [0.15, 0.2) is 0 Å². The first-order valence-corrected chi connectivity index (χ1v) is 8.36. The van der Waals surface area contributed by atoms with E-state index in [-0.39, 0.29) is 11.9 Å². The molecule has 1 aromatic rings. The van der Waals surface area contributed by atoms with Crippen LogP contribution in [-0.2, 0) is 6.42 Å². The van der Waals surface area contributed by atoms with E-state index in [0.717, 1.165) is 30.8 Å². The summed E-state index contributed by atoms with van der Waals surface area (Å²) in [6, 6.07) is 0.159. The summed E-state index contributed by atoms with van der Waals surface area (Å²) in [7, 11) is 0. The number of aromatic nitrogens is 1. The highest BCUT2D eigenvalue weighted by Gasteiger charge is 2.32. The summed E-state index contributed by atoms with van der Waals surface area (Å²) in [5.41, 5.74) is 6.45. The maximum absolute atomic E-state index is 12.6. The van der Waals surface area contributed by atoms with Gasteiger partial charge in [0.1, 0.15) is 5.69 Å². The molecule has 1 aromatic heterocycles. The van der Waals surface area contributed by atoms with Gasteiger partial charge in [0.05, 0.1) is 5.01 Å². The molecule has 4 nitrogen and oxygen atoms in total. The van der Waals surface area contributed by atoms with E-state index in [1.54, 1.807) is 11.3 Å². The van der Waals surface area contributed by atoms with Gasteiger partial charge in [0, 0.05) is 30.9 Å². The maximum Gasteiger partial charge on any atom is 0.273 e. The molecule has 1 fully saturated rings. The largest absolute Gasteiger partial charge is 0.333 e. The molecular formula is C15H25N3OS. The van der Waals surface area contributed by atoms with Crippen molar-refractivity contribution in [3.8, 4) is 0 Å². The Hall–Kier alpha value is -0.940. The number of nitrogens with zero attached hydrogens (tertiary/aromatic N) is 2. The summed E-state index contributed by atoms with van der Waals surface area (Å²) in [6.45, 7) is 7.86. The minimum atomic E-state index is 0.0539. The monoisotopic (exact) mass is 295 g/mol. The molecule has 0 aromatic carbocycles. The first kappa shape index (κ1) is 15.4. The molecule has 0 spiro atoms. The average molecular weight is 295 g/mol. The second-order valence-electron chi connectivity index (χ2n) is 6.15. The summed E-state index contributed by atoms with van der Waals surface area (Å²) in [5.74, 6) is 1.10. The Morgan fingerprint density at radius 2 is 2.35 bits per heavy atom. The van der Waals surface area contributed by atoms with Gasteiger partial charge in [-0.3, -0.25) is 4.79 Å². The number of amides is 1. The fourth-order valence-electron chi connectivity index (χ4n) is 2.86. The number of carbonyl (C=O) groups excluding carboxylic acids is 1. The summed E-state index contributed by atoms with van der Waals surface area (Å²) in [4.78, 5) is 19.1. The van der Waals surface area contributed by atoms with Crippen LogP contribution in [0.5, 0.6) is 0 Å². The number of likely N-dealkylation sites (tertiary alicyclic amines) is 1. The number of rotatable bonds is 4. The van der Waals surface area contributed by atoms with Crippen LogP contribution in [0.2, 0.25) is 0 Å². The normalized spacial score (nSPS) is 23.4. The van der Waals surface area contributed by atoms with Crippen LogP contribution >= 0.6 is 11.3 Å². The van der Waals surface area contributed by atoms with E-state index in [1.165, 1.54) is 0 Å². The lowest BCUT2D eigenvalue weighted by Gasteiger charge is -2.39. The molecule has 1 aliphatic heterocycles. The lowest BCUT2D eigenvalue weighted by Crippen LogP contribution is -2.51. The molecule has 5 heteroatoms. The molecular weight excluding hydrogens is 270 g/mol. The lowest BCUT2D eigenvalue weighted by molar-refractivity contribution is 0.0527. The van der Waals surface area contributed by atoms with Crippen molar-refractivity contribution in [3.63, 3.8) is 0 Å². The number of hydrogen-bond acceptors (Lipinski definition) is 4. The molecule has 1 aliphatic rings. The molecule has 0 aliphatic carbocycles. The van der Waals surface area contributed by atoms with Gasteiger partial charge in [-0.1, -0.05) is 20.8 Å². The van der Waals surface area contributed by atoms with Gasteiger partial charge >= 0.3 is 0 Å². The molecule has 2 N–H and O–H groups in total. The molecule has 112 valence electrons. The van der Waals surface area contributed by atoms with E-state index < -0.39 is 0 Å². The summed E-state index contributed by atoms with van der Waals surface area (Å²) >= 11 is 1.59. The molecule has 0 bridgehead atoms. The summed E-state index contributed by atoms with van der Waals surface area (Å²) < 4.78 is 0. The van der Waals surface area contributed by atoms with E-state index >= 15 is 0 Å². The van der Waals surface area contributed by atoms with Crippen LogP contribution in [0.25, 0.3) is 0 Å². The van der Waals surface area contributed by atoms with Crippen molar-refractivity contribution in [2.75, 3.05) is 13.1 Å². The van der Waals surface area contributed by atoms with E-state index in [9.17, 15) is 4.79 Å². The van der Waals surface area contributed by atoms with E-state index in [1.807, 2.05) is 10.3 Å². The fraction of sp³-hybridized carbons (Fsp3) is 0.733. The SMILES string of the molecule is CC(C)Cc1nc(C(=O)N2CCCC(C)C2CN)cs1. The molecule has 2 heterocycles. The Kier molecular flexibility index (Phi) is 5.16. The predicted molar refractivity (Wildman–Crippen MR) is 82.9 cm³/mol. The topological polar surface area (TPSA) is 59.2 Å². The summed E-state index contributed by atoms with van der Waals surface area (Å²) in [6.07, 6.45) is 3.16. The number of thiazole rings is 1. The number of nitrogens with two attached hydrogens (primary N) is 1. The average Bonchev–Trinajstić information content (AvgIpc) is 2.85. The third-order valence-electron chi connectivity index (χ3n) is 3.97. The van der Waals surface area contributed by atoms with Crippen LogP contribution in [0.1, 0.15) is 49.1 Å². The zero-order valence-electron chi connectivity index (χ0n) is 12.6. The van der Waals surface area contributed by atoms with Gasteiger partial charge in [-0.15, -0.1) is 11.3 Å². The van der Waals surface area contributed by atoms with Gasteiger partial charge in [-0.05, 0) is 24.7 Å². The van der Waals surface area contributed by atoms with Crippen LogP contribution in [0.4, 0.5) is 0 Å². The van der Waals surface area contributed by atoms with E-state index in [4.69, 9.17) is 5.73 Å². The lowest BCUT2D eigenvalue weighted by atomic mass is 9.90. The fourth-order valence-corrected chi connectivity index (χ4v) is 3.84. The Balaban J connectivity index is 2.11. The smallest absolute Gasteiger partial charge is 0.273 e. The minimum Gasteiger partial charge on any atom is -0.333 e. The Morgan fingerprint density at radius 3 is 3.00 bits per heavy atom. The van der Waals surface area contributed by atoms with Gasteiger partial charge < -0.3 is 10.6 Å². The zero-order chi connectivity index (χ0) is 14.7. The third kappa shape index (κ3) is 3.38. The Bertz CT molecular complexity index is 458. The zero-order valence-corrected chi connectivity index (χ0v) is 13.4. The number of carbonyl (C=O) groups is 1. The van der Waals surface area contributed by atoms with Crippen LogP contribution in [0.3, 0.4) is 0 Å². The van der Waals surface area contributed by atoms with Gasteiger partial charge in [-0.25, -0.2) is 4.98 Å². The van der Waals surface area contributed by atoms with Crippen molar-refractivity contribution < 1.29 is 4.79 Å². The standard InChI is InChI=1S/C15H25N3OS/c1-10(2)7-14-17-12(9-20-14)15(19)18-6-4-5-11(3)13(18)8-16/h9-11,13H,4-8,16H2,1-3H3. The van der Waals surface area contributed by atoms with E-state index in [0.29, 0.717) is 24.1 Å². The first-order valence-electron chi connectivity index (χ1n) is 7.48. The van der Waals surface area contributed by atoms with Crippen molar-refractivity contribution in [3.05, 3.63) is 16.1 Å². The van der Waals surface area contributed by atoms with Crippen LogP contribution in [-0.4, -0.2) is 34.9 Å². The highest BCUT2D eigenvalue weighted by molar-refractivity contribution is 7.09. The number of hydrogen-bond donors (Lipinski definition) is 1. The third-order valence-corrected chi connectivity index (χ3v) is 4.84. The van der Waals surface area contributed by atoms with Crippen molar-refractivity contribution in [2.45, 2.75) is 46.1 Å². The molecule has 1 amide bonds. The molecule has 0 radical (unpaired) electrons. The van der Waals surface area contributed by atoms with Gasteiger partial charge in [0.2, 0.25) is 0 Å². The maximum atomic E-state index is 12.6. The first-order chi connectivity index (χ1) is 9.52. The van der Waals surface area contributed by atoms with Crippen LogP contribution < -0.4 is 5.73 Å². The minimum absolute atomic E-state index is 0.0539. The molecule has 2 unspecified atom stereocenters. The molecule has 20 heavy (non-hydrogen) atoms. The van der Waals surface area contributed by atoms with Crippen molar-refractivity contribution in [2.24, 2.45) is 17.6 Å².